The first-order valence-corrected chi connectivity index (χ1v) is 12.4. The Morgan fingerprint density at radius 1 is 1.22 bits per heavy atom. The van der Waals surface area contributed by atoms with Gasteiger partial charge in [0.1, 0.15) is 23.9 Å². The Bertz CT molecular complexity index is 1230. The van der Waals surface area contributed by atoms with Gasteiger partial charge < -0.3 is 15.2 Å². The molecule has 3 aromatic rings. The molecule has 0 amide bonds. The topological polar surface area (TPSA) is 84.3 Å². The number of hydrogen-bond donors (Lipinski definition) is 2. The number of rotatable bonds is 10. The van der Waals surface area contributed by atoms with E-state index in [1.807, 2.05) is 31.2 Å². The van der Waals surface area contributed by atoms with Crippen molar-refractivity contribution in [2.45, 2.75) is 59.5 Å². The number of carboxylic acids is 1. The summed E-state index contributed by atoms with van der Waals surface area (Å²) in [5.41, 5.74) is 3.40. The summed E-state index contributed by atoms with van der Waals surface area (Å²) in [7, 11) is 0. The molecule has 0 spiro atoms. The van der Waals surface area contributed by atoms with E-state index >= 15 is 0 Å². The number of halogens is 1. The van der Waals surface area contributed by atoms with Crippen LogP contribution in [-0.2, 0) is 11.4 Å². The molecular formula is C29H34FN3O3. The second-order valence-corrected chi connectivity index (χ2v) is 10.9. The number of aryl methyl sites for hydroxylation is 1. The number of benzene rings is 2. The molecule has 0 saturated heterocycles. The predicted molar refractivity (Wildman–Crippen MR) is 139 cm³/mol. The number of anilines is 1. The maximum atomic E-state index is 14.7. The van der Waals surface area contributed by atoms with Crippen molar-refractivity contribution in [3.63, 3.8) is 0 Å². The molecule has 0 radical (unpaired) electrons. The first-order valence-electron chi connectivity index (χ1n) is 12.4. The van der Waals surface area contributed by atoms with Gasteiger partial charge in [0.25, 0.3) is 0 Å². The van der Waals surface area contributed by atoms with Gasteiger partial charge in [-0.3, -0.25) is 9.78 Å². The molecule has 7 heteroatoms. The number of hydrogen-bond acceptors (Lipinski definition) is 5. The molecule has 0 unspecified atom stereocenters. The van der Waals surface area contributed by atoms with Crippen LogP contribution in [0.15, 0.2) is 48.7 Å². The summed E-state index contributed by atoms with van der Waals surface area (Å²) in [4.78, 5) is 20.6. The van der Waals surface area contributed by atoms with Crippen LogP contribution < -0.4 is 10.1 Å². The lowest BCUT2D eigenvalue weighted by atomic mass is 9.91. The zero-order valence-electron chi connectivity index (χ0n) is 21.3. The Balaban J connectivity index is 1.55. The lowest BCUT2D eigenvalue weighted by molar-refractivity contribution is -0.137. The van der Waals surface area contributed by atoms with E-state index in [1.54, 1.807) is 18.3 Å². The molecule has 6 nitrogen and oxygen atoms in total. The van der Waals surface area contributed by atoms with Crippen LogP contribution in [0.4, 0.5) is 10.2 Å². The van der Waals surface area contributed by atoms with Gasteiger partial charge in [-0.2, -0.15) is 0 Å². The highest BCUT2D eigenvalue weighted by Crippen LogP contribution is 2.45. The summed E-state index contributed by atoms with van der Waals surface area (Å²) in [5, 5.41) is 12.7. The van der Waals surface area contributed by atoms with Crippen molar-refractivity contribution in [3.05, 3.63) is 71.3 Å². The highest BCUT2D eigenvalue weighted by molar-refractivity contribution is 5.72. The lowest BCUT2D eigenvalue weighted by Gasteiger charge is -2.21. The fourth-order valence-corrected chi connectivity index (χ4v) is 4.22. The van der Waals surface area contributed by atoms with Gasteiger partial charge in [0.15, 0.2) is 5.82 Å². The highest BCUT2D eigenvalue weighted by Gasteiger charge is 2.33. The number of nitrogens with one attached hydrogen (secondary N) is 1. The van der Waals surface area contributed by atoms with E-state index in [1.165, 1.54) is 6.07 Å². The van der Waals surface area contributed by atoms with Crippen molar-refractivity contribution in [1.29, 1.82) is 0 Å². The van der Waals surface area contributed by atoms with Gasteiger partial charge in [-0.15, -0.1) is 0 Å². The van der Waals surface area contributed by atoms with Crippen LogP contribution in [0, 0.1) is 24.1 Å². The van der Waals surface area contributed by atoms with Gasteiger partial charge >= 0.3 is 5.97 Å². The third kappa shape index (κ3) is 6.80. The molecule has 190 valence electrons. The fourth-order valence-electron chi connectivity index (χ4n) is 4.22. The van der Waals surface area contributed by atoms with E-state index in [9.17, 15) is 14.3 Å². The quantitative estimate of drug-likeness (QED) is 0.333. The maximum absolute atomic E-state index is 14.7. The third-order valence-electron chi connectivity index (χ3n) is 6.24. The van der Waals surface area contributed by atoms with Crippen LogP contribution in [0.5, 0.6) is 5.75 Å². The zero-order chi connectivity index (χ0) is 25.9. The largest absolute Gasteiger partial charge is 0.487 e. The van der Waals surface area contributed by atoms with Crippen molar-refractivity contribution in [1.82, 2.24) is 9.97 Å². The molecule has 2 aromatic carbocycles. The third-order valence-corrected chi connectivity index (χ3v) is 6.24. The van der Waals surface area contributed by atoms with Gasteiger partial charge in [-0.25, -0.2) is 9.37 Å². The van der Waals surface area contributed by atoms with Crippen LogP contribution in [-0.4, -0.2) is 27.6 Å². The first kappa shape index (κ1) is 25.6. The Morgan fingerprint density at radius 2 is 2.00 bits per heavy atom. The molecule has 1 aliphatic carbocycles. The van der Waals surface area contributed by atoms with Crippen molar-refractivity contribution in [2.75, 3.05) is 11.9 Å². The van der Waals surface area contributed by atoms with Crippen molar-refractivity contribution < 1.29 is 19.0 Å². The van der Waals surface area contributed by atoms with E-state index in [0.29, 0.717) is 41.0 Å². The number of carboxylic acid groups (broad SMARTS) is 1. The van der Waals surface area contributed by atoms with Gasteiger partial charge in [-0.05, 0) is 66.8 Å². The van der Waals surface area contributed by atoms with Crippen molar-refractivity contribution in [2.24, 2.45) is 11.3 Å². The van der Waals surface area contributed by atoms with Gasteiger partial charge in [-0.1, -0.05) is 44.5 Å². The molecule has 1 heterocycles. The SMILES string of the molecule is Cc1ccc(F)c(-c2ncc(COc3cccc([C@@H](CC(=O)O)C4CC4)c3)nc2NCC(C)(C)C)c1. The number of ether oxygens (including phenoxy) is 1. The van der Waals surface area contributed by atoms with Gasteiger partial charge in [0.2, 0.25) is 0 Å². The van der Waals surface area contributed by atoms with E-state index < -0.39 is 5.97 Å². The Morgan fingerprint density at radius 3 is 2.69 bits per heavy atom. The zero-order valence-corrected chi connectivity index (χ0v) is 21.3. The number of carbonyl (C=O) groups is 1. The molecule has 4 rings (SSSR count). The predicted octanol–water partition coefficient (Wildman–Crippen LogP) is 6.60. The molecular weight excluding hydrogens is 457 g/mol. The molecule has 1 atom stereocenters. The maximum Gasteiger partial charge on any atom is 0.303 e. The number of nitrogens with zero attached hydrogens (tertiary/aromatic N) is 2. The molecule has 1 aromatic heterocycles. The van der Waals surface area contributed by atoms with Crippen molar-refractivity contribution in [3.8, 4) is 17.0 Å². The number of aromatic nitrogens is 2. The second-order valence-electron chi connectivity index (χ2n) is 10.9. The fraction of sp³-hybridized carbons (Fsp3) is 0.414. The molecule has 1 saturated carbocycles. The Hall–Kier alpha value is -3.48. The summed E-state index contributed by atoms with van der Waals surface area (Å²) < 4.78 is 20.7. The molecule has 2 N–H and O–H groups in total. The van der Waals surface area contributed by atoms with Crippen LogP contribution in [0.25, 0.3) is 11.3 Å². The lowest BCUT2D eigenvalue weighted by Crippen LogP contribution is -2.20. The Kier molecular flexibility index (Phi) is 7.57. The van der Waals surface area contributed by atoms with Crippen LogP contribution in [0.1, 0.15) is 62.8 Å². The minimum absolute atomic E-state index is 0.00236. The van der Waals surface area contributed by atoms with E-state index in [2.05, 4.69) is 31.1 Å². The molecule has 0 aliphatic heterocycles. The van der Waals surface area contributed by atoms with Gasteiger partial charge in [0.05, 0.1) is 18.3 Å². The van der Waals surface area contributed by atoms with Crippen molar-refractivity contribution >= 4 is 11.8 Å². The Labute approximate surface area is 212 Å². The van der Waals surface area contributed by atoms with Crippen LogP contribution in [0.3, 0.4) is 0 Å². The average Bonchev–Trinajstić information content (AvgIpc) is 3.66. The molecule has 1 fully saturated rings. The molecule has 1 aliphatic rings. The first-order chi connectivity index (χ1) is 17.1. The minimum Gasteiger partial charge on any atom is -0.487 e. The monoisotopic (exact) mass is 491 g/mol. The average molecular weight is 492 g/mol. The minimum atomic E-state index is -0.783. The van der Waals surface area contributed by atoms with E-state index in [4.69, 9.17) is 9.72 Å². The standard InChI is InChI=1S/C29H34FN3O3/c1-18-8-11-25(30)24(12-18)27-28(32-17-29(2,3)4)33-21(15-31-27)16-36-22-7-5-6-20(13-22)23(14-26(34)35)19-9-10-19/h5-8,11-13,15,19,23H,9-10,14,16-17H2,1-4H3,(H,32,33)(H,34,35)/t23-/m0/s1. The normalized spacial score (nSPS) is 14.4. The van der Waals surface area contributed by atoms with E-state index in [0.717, 1.165) is 24.0 Å². The van der Waals surface area contributed by atoms with Crippen LogP contribution in [0.2, 0.25) is 0 Å². The number of aliphatic carboxylic acids is 1. The van der Waals surface area contributed by atoms with Gasteiger partial charge in [0, 0.05) is 12.1 Å². The summed E-state index contributed by atoms with van der Waals surface area (Å²) in [6, 6.07) is 12.6. The molecule has 36 heavy (non-hydrogen) atoms. The summed E-state index contributed by atoms with van der Waals surface area (Å²) in [5.74, 6) is 0.466. The highest BCUT2D eigenvalue weighted by atomic mass is 19.1. The van der Waals surface area contributed by atoms with Crippen LogP contribution >= 0.6 is 0 Å². The smallest absolute Gasteiger partial charge is 0.303 e. The molecule has 0 bridgehead atoms. The summed E-state index contributed by atoms with van der Waals surface area (Å²) in [6.45, 7) is 9.07. The second kappa shape index (κ2) is 10.6. The summed E-state index contributed by atoms with van der Waals surface area (Å²) in [6.07, 6.45) is 3.87. The summed E-state index contributed by atoms with van der Waals surface area (Å²) >= 11 is 0. The van der Waals surface area contributed by atoms with E-state index in [-0.39, 0.29) is 30.2 Å².